The molecule has 0 N–H and O–H groups in total. The minimum atomic E-state index is -0.681. The van der Waals surface area contributed by atoms with Crippen LogP contribution in [0.3, 0.4) is 0 Å². The van der Waals surface area contributed by atoms with Gasteiger partial charge in [-0.2, -0.15) is 0 Å². The van der Waals surface area contributed by atoms with Gasteiger partial charge >= 0.3 is 5.97 Å². The topological polar surface area (TPSA) is 74.8 Å². The highest BCUT2D eigenvalue weighted by Gasteiger charge is 2.16. The summed E-state index contributed by atoms with van der Waals surface area (Å²) in [5, 5.41) is 0. The number of hydrogen-bond acceptors (Lipinski definition) is 5. The molecule has 1 aromatic carbocycles. The quantitative estimate of drug-likeness (QED) is 0.673. The molecule has 7 nitrogen and oxygen atoms in total. The summed E-state index contributed by atoms with van der Waals surface area (Å²) in [6.07, 6.45) is 6.44. The van der Waals surface area contributed by atoms with Gasteiger partial charge in [0.15, 0.2) is 0 Å². The van der Waals surface area contributed by atoms with Crippen LogP contribution in [0.15, 0.2) is 41.6 Å². The Labute approximate surface area is 143 Å². The monoisotopic (exact) mass is 339 g/mol. The molecule has 3 heterocycles. The van der Waals surface area contributed by atoms with Crippen LogP contribution in [0.5, 0.6) is 5.75 Å². The minimum absolute atomic E-state index is 0.0728. The molecule has 0 atom stereocenters. The predicted molar refractivity (Wildman–Crippen MR) is 90.1 cm³/mol. The number of esters is 1. The van der Waals surface area contributed by atoms with Gasteiger partial charge in [-0.3, -0.25) is 9.20 Å². The van der Waals surface area contributed by atoms with Crippen LogP contribution in [0.1, 0.15) is 21.5 Å². The van der Waals surface area contributed by atoms with Crippen molar-refractivity contribution in [3.05, 3.63) is 63.8 Å². The molecule has 0 fully saturated rings. The summed E-state index contributed by atoms with van der Waals surface area (Å²) in [4.78, 5) is 28.2. The smallest absolute Gasteiger partial charge is 0.345 e. The lowest BCUT2D eigenvalue weighted by Gasteiger charge is -2.07. The molecular weight excluding hydrogens is 322 g/mol. The van der Waals surface area contributed by atoms with Gasteiger partial charge in [0, 0.05) is 25.4 Å². The van der Waals surface area contributed by atoms with Gasteiger partial charge in [-0.15, -0.1) is 0 Å². The highest BCUT2D eigenvalue weighted by Crippen LogP contribution is 2.26. The molecule has 1 aliphatic heterocycles. The zero-order valence-electron chi connectivity index (χ0n) is 13.8. The van der Waals surface area contributed by atoms with Gasteiger partial charge < -0.3 is 14.0 Å². The first-order chi connectivity index (χ1) is 12.2. The molecule has 128 valence electrons. The summed E-state index contributed by atoms with van der Waals surface area (Å²) < 4.78 is 13.4. The van der Waals surface area contributed by atoms with Crippen LogP contribution in [0.25, 0.3) is 5.78 Å². The number of aromatic nitrogens is 3. The zero-order chi connectivity index (χ0) is 17.4. The SMILES string of the molecule is COC(=O)c1cnc2n(CCc3ccc4c(c3)CCO4)ccn2c1=O. The number of hydrogen-bond donors (Lipinski definition) is 0. The number of methoxy groups -OCH3 is 1. The third-order valence-corrected chi connectivity index (χ3v) is 4.43. The zero-order valence-corrected chi connectivity index (χ0v) is 13.8. The first-order valence-corrected chi connectivity index (χ1v) is 8.07. The second kappa shape index (κ2) is 6.08. The van der Waals surface area contributed by atoms with Crippen molar-refractivity contribution < 1.29 is 14.3 Å². The van der Waals surface area contributed by atoms with Crippen LogP contribution in [0.4, 0.5) is 0 Å². The van der Waals surface area contributed by atoms with E-state index < -0.39 is 11.5 Å². The molecule has 4 rings (SSSR count). The fourth-order valence-electron chi connectivity index (χ4n) is 3.09. The van der Waals surface area contributed by atoms with Crippen molar-refractivity contribution in [3.8, 4) is 5.75 Å². The summed E-state index contributed by atoms with van der Waals surface area (Å²) >= 11 is 0. The van der Waals surface area contributed by atoms with E-state index in [1.165, 1.54) is 28.8 Å². The average Bonchev–Trinajstić information content (AvgIpc) is 3.26. The molecule has 7 heteroatoms. The predicted octanol–water partition coefficient (Wildman–Crippen LogP) is 1.46. The van der Waals surface area contributed by atoms with Gasteiger partial charge in [0.05, 0.1) is 19.9 Å². The molecule has 2 aromatic heterocycles. The van der Waals surface area contributed by atoms with Gasteiger partial charge in [0.2, 0.25) is 5.78 Å². The first-order valence-electron chi connectivity index (χ1n) is 8.07. The van der Waals surface area contributed by atoms with E-state index >= 15 is 0 Å². The number of imidazole rings is 1. The lowest BCUT2D eigenvalue weighted by atomic mass is 10.1. The van der Waals surface area contributed by atoms with Crippen LogP contribution < -0.4 is 10.3 Å². The maximum absolute atomic E-state index is 12.3. The number of ether oxygens (including phenoxy) is 2. The van der Waals surface area contributed by atoms with E-state index in [0.717, 1.165) is 25.2 Å². The minimum Gasteiger partial charge on any atom is -0.493 e. The maximum atomic E-state index is 12.3. The number of fused-ring (bicyclic) bond motifs is 2. The fraction of sp³-hybridized carbons (Fsp3) is 0.278. The van der Waals surface area contributed by atoms with Crippen LogP contribution in [0.2, 0.25) is 0 Å². The van der Waals surface area contributed by atoms with E-state index in [0.29, 0.717) is 12.3 Å². The Morgan fingerprint density at radius 2 is 2.24 bits per heavy atom. The van der Waals surface area contributed by atoms with Gasteiger partial charge in [0.25, 0.3) is 5.56 Å². The molecule has 0 unspecified atom stereocenters. The molecule has 0 bridgehead atoms. The molecule has 25 heavy (non-hydrogen) atoms. The molecule has 0 spiro atoms. The summed E-state index contributed by atoms with van der Waals surface area (Å²) in [6.45, 7) is 1.43. The molecule has 0 saturated heterocycles. The van der Waals surface area contributed by atoms with E-state index in [-0.39, 0.29) is 5.56 Å². The normalized spacial score (nSPS) is 12.8. The lowest BCUT2D eigenvalue weighted by Crippen LogP contribution is -2.23. The second-order valence-corrected chi connectivity index (χ2v) is 5.92. The Hall–Kier alpha value is -3.09. The van der Waals surface area contributed by atoms with E-state index in [1.807, 2.05) is 10.6 Å². The van der Waals surface area contributed by atoms with Crippen molar-refractivity contribution in [1.82, 2.24) is 14.0 Å². The van der Waals surface area contributed by atoms with Crippen molar-refractivity contribution in [1.29, 1.82) is 0 Å². The summed E-state index contributed by atoms with van der Waals surface area (Å²) in [5.74, 6) is 0.792. The van der Waals surface area contributed by atoms with Crippen LogP contribution in [0, 0.1) is 0 Å². The molecule has 3 aromatic rings. The Balaban J connectivity index is 1.59. The van der Waals surface area contributed by atoms with Crippen LogP contribution in [-0.2, 0) is 24.1 Å². The third kappa shape index (κ3) is 2.67. The average molecular weight is 339 g/mol. The van der Waals surface area contributed by atoms with Gasteiger partial charge in [-0.1, -0.05) is 12.1 Å². The van der Waals surface area contributed by atoms with Gasteiger partial charge in [0.1, 0.15) is 11.3 Å². The van der Waals surface area contributed by atoms with Crippen molar-refractivity contribution >= 4 is 11.7 Å². The lowest BCUT2D eigenvalue weighted by molar-refractivity contribution is 0.0598. The third-order valence-electron chi connectivity index (χ3n) is 4.43. The fourth-order valence-corrected chi connectivity index (χ4v) is 3.09. The van der Waals surface area contributed by atoms with E-state index in [9.17, 15) is 9.59 Å². The molecule has 0 radical (unpaired) electrons. The van der Waals surface area contributed by atoms with Crippen LogP contribution in [-0.4, -0.2) is 33.6 Å². The molecule has 0 saturated carbocycles. The number of aryl methyl sites for hydroxylation is 2. The van der Waals surface area contributed by atoms with Gasteiger partial charge in [-0.05, 0) is 23.6 Å². The molecule has 1 aliphatic rings. The number of benzene rings is 1. The summed E-state index contributed by atoms with van der Waals surface area (Å²) in [5.41, 5.74) is 1.96. The first kappa shape index (κ1) is 15.4. The Morgan fingerprint density at radius 3 is 3.08 bits per heavy atom. The maximum Gasteiger partial charge on any atom is 0.345 e. The Kier molecular flexibility index (Phi) is 3.76. The molecular formula is C18H17N3O4. The molecule has 0 aliphatic carbocycles. The van der Waals surface area contributed by atoms with Crippen LogP contribution >= 0.6 is 0 Å². The Bertz CT molecular complexity index is 1020. The van der Waals surface area contributed by atoms with Crippen molar-refractivity contribution in [2.24, 2.45) is 0 Å². The van der Waals surface area contributed by atoms with Crippen molar-refractivity contribution in [2.45, 2.75) is 19.4 Å². The van der Waals surface area contributed by atoms with E-state index in [1.54, 1.807) is 12.4 Å². The number of carbonyl (C=O) groups is 1. The molecule has 0 amide bonds. The summed E-state index contributed by atoms with van der Waals surface area (Å²) in [7, 11) is 1.24. The summed E-state index contributed by atoms with van der Waals surface area (Å²) in [6, 6.07) is 6.24. The standard InChI is InChI=1S/C18H17N3O4/c1-24-17(23)14-11-19-18-20(7-8-21(18)16(14)22)6-4-12-2-3-15-13(10-12)5-9-25-15/h2-3,7-8,10-11H,4-6,9H2,1H3. The van der Waals surface area contributed by atoms with Gasteiger partial charge in [-0.25, -0.2) is 9.78 Å². The van der Waals surface area contributed by atoms with Crippen molar-refractivity contribution in [2.75, 3.05) is 13.7 Å². The second-order valence-electron chi connectivity index (χ2n) is 5.92. The number of nitrogens with zero attached hydrogens (tertiary/aromatic N) is 3. The van der Waals surface area contributed by atoms with Crippen molar-refractivity contribution in [3.63, 3.8) is 0 Å². The van der Waals surface area contributed by atoms with E-state index in [4.69, 9.17) is 4.74 Å². The largest absolute Gasteiger partial charge is 0.493 e. The highest BCUT2D eigenvalue weighted by atomic mass is 16.5. The highest BCUT2D eigenvalue weighted by molar-refractivity contribution is 5.88. The van der Waals surface area contributed by atoms with E-state index in [2.05, 4.69) is 21.9 Å². The number of rotatable bonds is 4. The Morgan fingerprint density at radius 1 is 1.36 bits per heavy atom. The number of carbonyl (C=O) groups excluding carboxylic acids is 1.